The van der Waals surface area contributed by atoms with Crippen molar-refractivity contribution < 1.29 is 23.1 Å². The number of ether oxygens (including phenoxy) is 1. The Labute approximate surface area is 241 Å². The number of sulfonamides is 1. The molecule has 0 bridgehead atoms. The lowest BCUT2D eigenvalue weighted by Gasteiger charge is -2.45. The highest BCUT2D eigenvalue weighted by atomic mass is 35.5. The monoisotopic (exact) mass is 584 g/mol. The summed E-state index contributed by atoms with van der Waals surface area (Å²) in [4.78, 5) is 15.3. The molecule has 5 rings (SSSR count). The van der Waals surface area contributed by atoms with Gasteiger partial charge in [-0.05, 0) is 91.8 Å². The highest BCUT2D eigenvalue weighted by molar-refractivity contribution is 7.90. The number of aliphatic hydroxyl groups is 1. The topological polar surface area (TPSA) is 95.9 Å². The second-order valence-corrected chi connectivity index (χ2v) is 13.6. The smallest absolute Gasteiger partial charge is 0.264 e. The van der Waals surface area contributed by atoms with Crippen LogP contribution in [0.5, 0.6) is 5.75 Å². The average molecular weight is 585 g/mol. The first kappa shape index (κ1) is 28.7. The van der Waals surface area contributed by atoms with Crippen molar-refractivity contribution in [2.24, 2.45) is 11.8 Å². The quantitative estimate of drug-likeness (QED) is 0.402. The molecule has 3 aliphatic rings. The van der Waals surface area contributed by atoms with E-state index in [1.807, 2.05) is 6.07 Å². The molecule has 214 valence electrons. The Morgan fingerprint density at radius 2 is 2.05 bits per heavy atom. The first-order valence-electron chi connectivity index (χ1n) is 13.9. The van der Waals surface area contributed by atoms with E-state index < -0.39 is 22.0 Å². The van der Waals surface area contributed by atoms with Gasteiger partial charge in [0, 0.05) is 29.1 Å². The van der Waals surface area contributed by atoms with Crippen molar-refractivity contribution in [3.8, 4) is 5.75 Å². The number of halogens is 1. The van der Waals surface area contributed by atoms with Crippen molar-refractivity contribution in [2.75, 3.05) is 30.3 Å². The summed E-state index contributed by atoms with van der Waals surface area (Å²) >= 11 is 6.36. The molecule has 2 aromatic rings. The largest absolute Gasteiger partial charge is 0.490 e. The standard InChI is InChI=1S/C31H37ClN2O5S/c1-3-6-28(35)25-11-8-23(25)18-34-19-31(14-5-7-21-16-24(32)10-12-26(21)31)20-39-29-13-9-22(17-27(29)34)30(36)33-40(37,38)15-4-2/h3-4,9-10,12-13,16-17,23,25,28,35H,1-2,5-8,11,14-15,18-20H2,(H,33,36)/t23-,25+,28?,31-/m0/s1. The van der Waals surface area contributed by atoms with Gasteiger partial charge in [0.05, 0.1) is 24.2 Å². The van der Waals surface area contributed by atoms with Gasteiger partial charge >= 0.3 is 0 Å². The third-order valence-electron chi connectivity index (χ3n) is 8.72. The first-order chi connectivity index (χ1) is 19.1. The van der Waals surface area contributed by atoms with Gasteiger partial charge in [0.25, 0.3) is 5.91 Å². The summed E-state index contributed by atoms with van der Waals surface area (Å²) < 4.78 is 33.1. The maximum Gasteiger partial charge on any atom is 0.264 e. The van der Waals surface area contributed by atoms with Gasteiger partial charge in [-0.2, -0.15) is 0 Å². The number of carbonyl (C=O) groups excluding carboxylic acids is 1. The van der Waals surface area contributed by atoms with Gasteiger partial charge in [0.1, 0.15) is 5.75 Å². The Morgan fingerprint density at radius 1 is 1.23 bits per heavy atom. The summed E-state index contributed by atoms with van der Waals surface area (Å²) in [6.07, 6.45) is 8.03. The SMILES string of the molecule is C=CCC(O)[C@@H]1CC[C@H]1CN1C[C@@]2(CCCc3cc(Cl)ccc32)COc2ccc(C(=O)NS(=O)(=O)CC=C)cc21. The van der Waals surface area contributed by atoms with E-state index in [0.29, 0.717) is 31.9 Å². The van der Waals surface area contributed by atoms with Crippen molar-refractivity contribution in [3.63, 3.8) is 0 Å². The number of carbonyl (C=O) groups is 1. The third kappa shape index (κ3) is 5.80. The fraction of sp³-hybridized carbons (Fsp3) is 0.452. The number of rotatable bonds is 9. The number of nitrogens with one attached hydrogen (secondary N) is 1. The van der Waals surface area contributed by atoms with Gasteiger partial charge in [-0.3, -0.25) is 4.79 Å². The van der Waals surface area contributed by atoms with E-state index in [1.54, 1.807) is 24.3 Å². The molecule has 1 fully saturated rings. The zero-order valence-corrected chi connectivity index (χ0v) is 24.2. The first-order valence-corrected chi connectivity index (χ1v) is 15.9. The highest BCUT2D eigenvalue weighted by Gasteiger charge is 2.44. The van der Waals surface area contributed by atoms with Crippen LogP contribution in [0.25, 0.3) is 0 Å². The molecule has 7 nitrogen and oxygen atoms in total. The van der Waals surface area contributed by atoms with Gasteiger partial charge < -0.3 is 14.7 Å². The molecular formula is C31H37ClN2O5S. The lowest BCUT2D eigenvalue weighted by Crippen LogP contribution is -2.49. The average Bonchev–Trinajstić information content (AvgIpc) is 3.03. The summed E-state index contributed by atoms with van der Waals surface area (Å²) in [6.45, 7) is 9.10. The van der Waals surface area contributed by atoms with E-state index in [-0.39, 0.29) is 28.6 Å². The number of aryl methyl sites for hydroxylation is 1. The Kier molecular flexibility index (Phi) is 8.32. The van der Waals surface area contributed by atoms with Gasteiger partial charge in [0.15, 0.2) is 0 Å². The van der Waals surface area contributed by atoms with Crippen molar-refractivity contribution in [3.05, 3.63) is 83.4 Å². The van der Waals surface area contributed by atoms with Crippen LogP contribution < -0.4 is 14.4 Å². The minimum Gasteiger partial charge on any atom is -0.490 e. The normalized spacial score (nSPS) is 24.5. The van der Waals surface area contributed by atoms with Crippen LogP contribution in [-0.2, 0) is 21.9 Å². The molecule has 1 amide bonds. The second-order valence-electron chi connectivity index (χ2n) is 11.4. The highest BCUT2D eigenvalue weighted by Crippen LogP contribution is 2.46. The Balaban J connectivity index is 1.51. The fourth-order valence-electron chi connectivity index (χ4n) is 6.61. The van der Waals surface area contributed by atoms with Crippen LogP contribution >= 0.6 is 11.6 Å². The van der Waals surface area contributed by atoms with Gasteiger partial charge in [-0.1, -0.05) is 29.8 Å². The van der Waals surface area contributed by atoms with Crippen molar-refractivity contribution in [1.29, 1.82) is 0 Å². The van der Waals surface area contributed by atoms with Crippen LogP contribution in [0.15, 0.2) is 61.7 Å². The number of hydrogen-bond donors (Lipinski definition) is 2. The lowest BCUT2D eigenvalue weighted by molar-refractivity contribution is 0.0178. The van der Waals surface area contributed by atoms with Crippen LogP contribution in [-0.4, -0.2) is 51.0 Å². The van der Waals surface area contributed by atoms with Crippen LogP contribution in [0.2, 0.25) is 5.02 Å². The fourth-order valence-corrected chi connectivity index (χ4v) is 7.60. The van der Waals surface area contributed by atoms with Gasteiger partial charge in [-0.15, -0.1) is 13.2 Å². The molecule has 1 heterocycles. The maximum absolute atomic E-state index is 13.0. The van der Waals surface area contributed by atoms with Crippen LogP contribution in [0.1, 0.15) is 53.6 Å². The summed E-state index contributed by atoms with van der Waals surface area (Å²) in [6, 6.07) is 11.2. The van der Waals surface area contributed by atoms with Crippen LogP contribution in [0, 0.1) is 11.8 Å². The molecule has 2 N–H and O–H groups in total. The van der Waals surface area contributed by atoms with E-state index in [1.165, 1.54) is 17.2 Å². The number of aliphatic hydroxyl groups excluding tert-OH is 1. The number of amides is 1. The molecule has 0 radical (unpaired) electrons. The summed E-state index contributed by atoms with van der Waals surface area (Å²) in [7, 11) is -3.83. The predicted octanol–water partition coefficient (Wildman–Crippen LogP) is 5.02. The van der Waals surface area contributed by atoms with E-state index in [0.717, 1.165) is 42.8 Å². The molecule has 40 heavy (non-hydrogen) atoms. The van der Waals surface area contributed by atoms with E-state index in [9.17, 15) is 18.3 Å². The molecule has 0 aromatic heterocycles. The Bertz CT molecular complexity index is 1410. The molecular weight excluding hydrogens is 548 g/mol. The third-order valence-corrected chi connectivity index (χ3v) is 10.1. The van der Waals surface area contributed by atoms with E-state index >= 15 is 0 Å². The molecule has 9 heteroatoms. The number of benzene rings is 2. The summed E-state index contributed by atoms with van der Waals surface area (Å²) in [5.41, 5.74) is 3.21. The van der Waals surface area contributed by atoms with E-state index in [4.69, 9.17) is 16.3 Å². The number of nitrogens with zero attached hydrogens (tertiary/aromatic N) is 1. The van der Waals surface area contributed by atoms with Crippen molar-refractivity contribution in [1.82, 2.24) is 4.72 Å². The maximum atomic E-state index is 13.0. The van der Waals surface area contributed by atoms with Gasteiger partial charge in [-0.25, -0.2) is 13.1 Å². The molecule has 4 atom stereocenters. The minimum absolute atomic E-state index is 0.176. The molecule has 1 saturated carbocycles. The molecule has 0 saturated heterocycles. The molecule has 1 unspecified atom stereocenters. The lowest BCUT2D eigenvalue weighted by atomic mass is 9.68. The molecule has 2 aliphatic carbocycles. The number of fused-ring (bicyclic) bond motifs is 3. The van der Waals surface area contributed by atoms with Crippen molar-refractivity contribution in [2.45, 2.75) is 50.0 Å². The summed E-state index contributed by atoms with van der Waals surface area (Å²) in [5, 5.41) is 11.5. The zero-order valence-electron chi connectivity index (χ0n) is 22.6. The molecule has 1 aliphatic heterocycles. The van der Waals surface area contributed by atoms with Crippen LogP contribution in [0.4, 0.5) is 5.69 Å². The van der Waals surface area contributed by atoms with Crippen molar-refractivity contribution >= 4 is 33.2 Å². The number of anilines is 1. The van der Waals surface area contributed by atoms with Crippen LogP contribution in [0.3, 0.4) is 0 Å². The Morgan fingerprint density at radius 3 is 2.77 bits per heavy atom. The molecule has 1 spiro atoms. The Hall–Kier alpha value is -2.81. The summed E-state index contributed by atoms with van der Waals surface area (Å²) in [5.74, 6) is 0.0716. The molecule has 2 aromatic carbocycles. The predicted molar refractivity (Wildman–Crippen MR) is 159 cm³/mol. The zero-order chi connectivity index (χ0) is 28.5. The van der Waals surface area contributed by atoms with E-state index in [2.05, 4.69) is 34.9 Å². The minimum atomic E-state index is -3.83. The van der Waals surface area contributed by atoms with Gasteiger partial charge in [0.2, 0.25) is 10.0 Å². The number of hydrogen-bond acceptors (Lipinski definition) is 6. The second kappa shape index (κ2) is 11.6.